The Balaban J connectivity index is 2.17. The van der Waals surface area contributed by atoms with Crippen LogP contribution >= 0.6 is 0 Å². The molecule has 0 bridgehead atoms. The van der Waals surface area contributed by atoms with E-state index in [0.29, 0.717) is 0 Å². The molecule has 0 fully saturated rings. The average Bonchev–Trinajstić information content (AvgIpc) is 2.20. The highest BCUT2D eigenvalue weighted by Gasteiger charge is 2.14. The molecule has 72 valence electrons. The van der Waals surface area contributed by atoms with Crippen molar-refractivity contribution in [2.75, 3.05) is 13.1 Å². The lowest BCUT2D eigenvalue weighted by Crippen LogP contribution is -2.25. The predicted molar refractivity (Wildman–Crippen MR) is 56.7 cm³/mol. The Morgan fingerprint density at radius 3 is 2.85 bits per heavy atom. The summed E-state index contributed by atoms with van der Waals surface area (Å²) < 4.78 is 0. The van der Waals surface area contributed by atoms with Crippen molar-refractivity contribution in [3.05, 3.63) is 22.8 Å². The monoisotopic (exact) mass is 177 g/mol. The molecule has 0 unspecified atom stereocenters. The van der Waals surface area contributed by atoms with Crippen LogP contribution in [0.3, 0.4) is 0 Å². The van der Waals surface area contributed by atoms with Gasteiger partial charge >= 0.3 is 0 Å². The van der Waals surface area contributed by atoms with Gasteiger partial charge in [0, 0.05) is 6.54 Å². The van der Waals surface area contributed by atoms with Gasteiger partial charge in [-0.25, -0.2) is 0 Å². The van der Waals surface area contributed by atoms with Crippen LogP contribution in [0.2, 0.25) is 0 Å². The lowest BCUT2D eigenvalue weighted by molar-refractivity contribution is 0.650. The summed E-state index contributed by atoms with van der Waals surface area (Å²) in [6.07, 6.45) is 9.09. The molecule has 0 spiro atoms. The summed E-state index contributed by atoms with van der Waals surface area (Å²) in [5.41, 5.74) is 4.87. The van der Waals surface area contributed by atoms with Gasteiger partial charge in [-0.3, -0.25) is 0 Å². The Bertz CT molecular complexity index is 248. The van der Waals surface area contributed by atoms with Crippen molar-refractivity contribution in [1.29, 1.82) is 0 Å². The van der Waals surface area contributed by atoms with E-state index in [0.717, 1.165) is 6.54 Å². The van der Waals surface area contributed by atoms with Gasteiger partial charge in [-0.1, -0.05) is 11.6 Å². The number of allylic oxidation sites excluding steroid dienone is 1. The molecule has 0 saturated heterocycles. The first-order valence-corrected chi connectivity index (χ1v) is 5.46. The summed E-state index contributed by atoms with van der Waals surface area (Å²) in [6, 6.07) is 0. The maximum absolute atomic E-state index is 3.46. The summed E-state index contributed by atoms with van der Waals surface area (Å²) in [6.45, 7) is 4.58. The van der Waals surface area contributed by atoms with Crippen LogP contribution in [0.25, 0.3) is 0 Å². The van der Waals surface area contributed by atoms with E-state index >= 15 is 0 Å². The van der Waals surface area contributed by atoms with Gasteiger partial charge in [0.2, 0.25) is 0 Å². The van der Waals surface area contributed by atoms with Crippen LogP contribution in [0.4, 0.5) is 0 Å². The first-order chi connectivity index (χ1) is 6.38. The van der Waals surface area contributed by atoms with Crippen molar-refractivity contribution in [2.45, 2.75) is 39.0 Å². The van der Waals surface area contributed by atoms with Crippen molar-refractivity contribution in [1.82, 2.24) is 5.32 Å². The van der Waals surface area contributed by atoms with Crippen LogP contribution in [-0.2, 0) is 0 Å². The Labute approximate surface area is 80.9 Å². The number of hydrogen-bond acceptors (Lipinski definition) is 1. The molecule has 1 N–H and O–H groups in total. The van der Waals surface area contributed by atoms with Gasteiger partial charge < -0.3 is 5.32 Å². The molecule has 0 amide bonds. The van der Waals surface area contributed by atoms with Gasteiger partial charge in [-0.2, -0.15) is 0 Å². The van der Waals surface area contributed by atoms with Gasteiger partial charge in [0.1, 0.15) is 0 Å². The van der Waals surface area contributed by atoms with Crippen molar-refractivity contribution in [3.63, 3.8) is 0 Å². The summed E-state index contributed by atoms with van der Waals surface area (Å²) in [4.78, 5) is 0. The Morgan fingerprint density at radius 2 is 2.15 bits per heavy atom. The van der Waals surface area contributed by atoms with E-state index in [-0.39, 0.29) is 0 Å². The zero-order valence-corrected chi connectivity index (χ0v) is 8.53. The highest BCUT2D eigenvalue weighted by atomic mass is 14.9. The van der Waals surface area contributed by atoms with E-state index < -0.39 is 0 Å². The Kier molecular flexibility index (Phi) is 2.84. The number of nitrogens with one attached hydrogen (secondary N) is 1. The van der Waals surface area contributed by atoms with Crippen molar-refractivity contribution in [3.8, 4) is 0 Å². The van der Waals surface area contributed by atoms with Crippen LogP contribution < -0.4 is 5.32 Å². The second-order valence-electron chi connectivity index (χ2n) is 4.16. The normalized spacial score (nSPS) is 24.5. The highest BCUT2D eigenvalue weighted by molar-refractivity contribution is 5.38. The van der Waals surface area contributed by atoms with Crippen LogP contribution in [-0.4, -0.2) is 13.1 Å². The van der Waals surface area contributed by atoms with E-state index in [2.05, 4.69) is 18.3 Å². The maximum Gasteiger partial charge on any atom is 0.0207 e. The van der Waals surface area contributed by atoms with E-state index in [1.54, 1.807) is 16.7 Å². The van der Waals surface area contributed by atoms with E-state index in [9.17, 15) is 0 Å². The van der Waals surface area contributed by atoms with Crippen LogP contribution in [0.5, 0.6) is 0 Å². The van der Waals surface area contributed by atoms with Crippen molar-refractivity contribution < 1.29 is 0 Å². The third kappa shape index (κ3) is 2.02. The van der Waals surface area contributed by atoms with Gasteiger partial charge in [0.05, 0.1) is 0 Å². The molecule has 2 aliphatic rings. The lowest BCUT2D eigenvalue weighted by Gasteiger charge is -2.23. The first-order valence-electron chi connectivity index (χ1n) is 5.46. The summed E-state index contributed by atoms with van der Waals surface area (Å²) in [5.74, 6) is 0. The molecule has 0 atom stereocenters. The molecular weight excluding hydrogens is 158 g/mol. The van der Waals surface area contributed by atoms with Crippen molar-refractivity contribution in [2.24, 2.45) is 0 Å². The highest BCUT2D eigenvalue weighted by Crippen LogP contribution is 2.27. The zero-order chi connectivity index (χ0) is 9.10. The molecule has 0 aromatic heterocycles. The minimum absolute atomic E-state index is 1.11. The zero-order valence-electron chi connectivity index (χ0n) is 8.53. The summed E-state index contributed by atoms with van der Waals surface area (Å²) in [7, 11) is 0. The van der Waals surface area contributed by atoms with Gasteiger partial charge in [-0.05, 0) is 56.7 Å². The topological polar surface area (TPSA) is 12.0 Å². The number of hydrogen-bond donors (Lipinski definition) is 1. The molecule has 0 aromatic rings. The summed E-state index contributed by atoms with van der Waals surface area (Å²) in [5, 5.41) is 3.46. The quantitative estimate of drug-likeness (QED) is 0.649. The smallest absolute Gasteiger partial charge is 0.0207 e. The molecule has 1 heterocycles. The molecule has 0 saturated carbocycles. The average molecular weight is 177 g/mol. The van der Waals surface area contributed by atoms with E-state index in [4.69, 9.17) is 0 Å². The molecule has 13 heavy (non-hydrogen) atoms. The molecule has 0 radical (unpaired) electrons. The van der Waals surface area contributed by atoms with Gasteiger partial charge in [0.25, 0.3) is 0 Å². The van der Waals surface area contributed by atoms with Crippen LogP contribution in [0.1, 0.15) is 39.0 Å². The Morgan fingerprint density at radius 1 is 1.23 bits per heavy atom. The molecular formula is C12H19N. The molecule has 1 heteroatoms. The fourth-order valence-corrected chi connectivity index (χ4v) is 2.29. The molecule has 1 aliphatic carbocycles. The standard InChI is InChI=1S/C12H19N/c1-10-7-8-13-9-12(10)11-5-3-2-4-6-11/h5,13H,2-4,6-9H2,1H3. The van der Waals surface area contributed by atoms with Crippen molar-refractivity contribution >= 4 is 0 Å². The maximum atomic E-state index is 3.46. The minimum Gasteiger partial charge on any atom is -0.312 e. The largest absolute Gasteiger partial charge is 0.312 e. The second kappa shape index (κ2) is 4.10. The third-order valence-electron chi connectivity index (χ3n) is 3.17. The first kappa shape index (κ1) is 9.01. The van der Waals surface area contributed by atoms with Gasteiger partial charge in [-0.15, -0.1) is 0 Å². The van der Waals surface area contributed by atoms with E-state index in [1.807, 2.05) is 0 Å². The van der Waals surface area contributed by atoms with E-state index in [1.165, 1.54) is 38.6 Å². The molecule has 1 nitrogen and oxygen atoms in total. The minimum atomic E-state index is 1.11. The predicted octanol–water partition coefficient (Wildman–Crippen LogP) is 2.80. The Hall–Kier alpha value is -0.560. The number of rotatable bonds is 1. The van der Waals surface area contributed by atoms with Gasteiger partial charge in [0.15, 0.2) is 0 Å². The second-order valence-corrected chi connectivity index (χ2v) is 4.16. The third-order valence-corrected chi connectivity index (χ3v) is 3.17. The molecule has 0 aromatic carbocycles. The molecule has 2 rings (SSSR count). The fraction of sp³-hybridized carbons (Fsp3) is 0.667. The molecule has 1 aliphatic heterocycles. The van der Waals surface area contributed by atoms with Crippen LogP contribution in [0.15, 0.2) is 22.8 Å². The fourth-order valence-electron chi connectivity index (χ4n) is 2.29. The summed E-state index contributed by atoms with van der Waals surface area (Å²) >= 11 is 0. The SMILES string of the molecule is CC1=C(C2=CCCCC2)CNCC1. The van der Waals surface area contributed by atoms with Crippen LogP contribution in [0, 0.1) is 0 Å². The lowest BCUT2D eigenvalue weighted by atomic mass is 9.89.